The molecular weight excluding hydrogens is 336 g/mol. The summed E-state index contributed by atoms with van der Waals surface area (Å²) in [7, 11) is 0. The quantitative estimate of drug-likeness (QED) is 0.650. The van der Waals surface area contributed by atoms with Crippen molar-refractivity contribution < 1.29 is 9.59 Å². The van der Waals surface area contributed by atoms with Crippen LogP contribution in [0.3, 0.4) is 0 Å². The first-order valence-corrected chi connectivity index (χ1v) is 10.0. The molecule has 138 valence electrons. The third-order valence-corrected chi connectivity index (χ3v) is 4.92. The predicted octanol–water partition coefficient (Wildman–Crippen LogP) is 2.52. The SMILES string of the molecule is CCCNC(=O)CN1CCC(NC(=O)Nc2cccc(SC)c2)CC1. The lowest BCUT2D eigenvalue weighted by atomic mass is 10.1. The van der Waals surface area contributed by atoms with E-state index >= 15 is 0 Å². The Balaban J connectivity index is 1.70. The van der Waals surface area contributed by atoms with Gasteiger partial charge in [0.25, 0.3) is 0 Å². The summed E-state index contributed by atoms with van der Waals surface area (Å²) in [6.07, 6.45) is 4.68. The van der Waals surface area contributed by atoms with Crippen LogP contribution in [0.1, 0.15) is 26.2 Å². The van der Waals surface area contributed by atoms with Gasteiger partial charge in [-0.1, -0.05) is 13.0 Å². The minimum absolute atomic E-state index is 0.0830. The number of urea groups is 1. The van der Waals surface area contributed by atoms with Crippen LogP contribution in [0.5, 0.6) is 0 Å². The van der Waals surface area contributed by atoms with E-state index in [0.717, 1.165) is 49.5 Å². The summed E-state index contributed by atoms with van der Waals surface area (Å²) in [4.78, 5) is 27.2. The summed E-state index contributed by atoms with van der Waals surface area (Å²) in [5.74, 6) is 0.0830. The molecule has 0 spiro atoms. The number of likely N-dealkylation sites (tertiary alicyclic amines) is 1. The molecule has 1 fully saturated rings. The predicted molar refractivity (Wildman–Crippen MR) is 103 cm³/mol. The lowest BCUT2D eigenvalue weighted by molar-refractivity contribution is -0.122. The lowest BCUT2D eigenvalue weighted by Gasteiger charge is -2.31. The number of hydrogen-bond donors (Lipinski definition) is 3. The van der Waals surface area contributed by atoms with Crippen molar-refractivity contribution >= 4 is 29.4 Å². The van der Waals surface area contributed by atoms with E-state index in [9.17, 15) is 9.59 Å². The Bertz CT molecular complexity index is 574. The highest BCUT2D eigenvalue weighted by molar-refractivity contribution is 7.98. The second-order valence-electron chi connectivity index (χ2n) is 6.23. The van der Waals surface area contributed by atoms with Crippen LogP contribution in [-0.2, 0) is 4.79 Å². The van der Waals surface area contributed by atoms with Crippen molar-refractivity contribution in [2.75, 3.05) is 37.8 Å². The van der Waals surface area contributed by atoms with Crippen molar-refractivity contribution in [2.24, 2.45) is 0 Å². The molecule has 1 saturated heterocycles. The van der Waals surface area contributed by atoms with Gasteiger partial charge in [-0.05, 0) is 43.7 Å². The maximum Gasteiger partial charge on any atom is 0.319 e. The fraction of sp³-hybridized carbons (Fsp3) is 0.556. The first-order chi connectivity index (χ1) is 12.1. The molecule has 7 heteroatoms. The Kier molecular flexibility index (Phi) is 8.08. The number of nitrogens with one attached hydrogen (secondary N) is 3. The molecule has 0 unspecified atom stereocenters. The van der Waals surface area contributed by atoms with E-state index in [1.165, 1.54) is 0 Å². The molecule has 1 aromatic carbocycles. The van der Waals surface area contributed by atoms with Crippen molar-refractivity contribution in [3.8, 4) is 0 Å². The topological polar surface area (TPSA) is 73.5 Å². The van der Waals surface area contributed by atoms with Crippen molar-refractivity contribution in [1.29, 1.82) is 0 Å². The van der Waals surface area contributed by atoms with Gasteiger partial charge in [-0.15, -0.1) is 11.8 Å². The number of hydrogen-bond acceptors (Lipinski definition) is 4. The van der Waals surface area contributed by atoms with Gasteiger partial charge in [0.15, 0.2) is 0 Å². The Morgan fingerprint density at radius 2 is 2.04 bits per heavy atom. The summed E-state index contributed by atoms with van der Waals surface area (Å²) < 4.78 is 0. The van der Waals surface area contributed by atoms with Crippen LogP contribution in [0.2, 0.25) is 0 Å². The van der Waals surface area contributed by atoms with Crippen molar-refractivity contribution in [3.63, 3.8) is 0 Å². The zero-order chi connectivity index (χ0) is 18.1. The molecule has 0 saturated carbocycles. The molecule has 1 aromatic rings. The Morgan fingerprint density at radius 3 is 2.72 bits per heavy atom. The lowest BCUT2D eigenvalue weighted by Crippen LogP contribution is -2.48. The van der Waals surface area contributed by atoms with Gasteiger partial charge in [-0.3, -0.25) is 9.69 Å². The van der Waals surface area contributed by atoms with E-state index < -0.39 is 0 Å². The average molecular weight is 365 g/mol. The first-order valence-electron chi connectivity index (χ1n) is 8.81. The fourth-order valence-corrected chi connectivity index (χ4v) is 3.27. The molecule has 0 bridgehead atoms. The normalized spacial score (nSPS) is 15.6. The van der Waals surface area contributed by atoms with Gasteiger partial charge in [0.1, 0.15) is 0 Å². The van der Waals surface area contributed by atoms with Crippen LogP contribution in [-0.4, -0.2) is 55.3 Å². The van der Waals surface area contributed by atoms with Crippen LogP contribution in [0.4, 0.5) is 10.5 Å². The van der Waals surface area contributed by atoms with Crippen LogP contribution >= 0.6 is 11.8 Å². The van der Waals surface area contributed by atoms with Gasteiger partial charge >= 0.3 is 6.03 Å². The van der Waals surface area contributed by atoms with Crippen LogP contribution < -0.4 is 16.0 Å². The molecule has 2 rings (SSSR count). The molecule has 1 heterocycles. The molecule has 25 heavy (non-hydrogen) atoms. The second kappa shape index (κ2) is 10.3. The largest absolute Gasteiger partial charge is 0.355 e. The summed E-state index contributed by atoms with van der Waals surface area (Å²) in [5, 5.41) is 8.82. The standard InChI is InChI=1S/C18H28N4O2S/c1-3-9-19-17(23)13-22-10-7-14(8-11-22)20-18(24)21-15-5-4-6-16(12-15)25-2/h4-6,12,14H,3,7-11,13H2,1-2H3,(H,19,23)(H2,20,21,24). The van der Waals surface area contributed by atoms with Crippen LogP contribution in [0.15, 0.2) is 29.2 Å². The van der Waals surface area contributed by atoms with E-state index in [4.69, 9.17) is 0 Å². The molecular formula is C18H28N4O2S. The van der Waals surface area contributed by atoms with E-state index in [-0.39, 0.29) is 18.0 Å². The monoisotopic (exact) mass is 364 g/mol. The zero-order valence-electron chi connectivity index (χ0n) is 15.0. The number of benzene rings is 1. The highest BCUT2D eigenvalue weighted by Gasteiger charge is 2.22. The molecule has 0 radical (unpaired) electrons. The van der Waals surface area contributed by atoms with E-state index in [1.54, 1.807) is 11.8 Å². The number of amides is 3. The molecule has 0 atom stereocenters. The highest BCUT2D eigenvalue weighted by Crippen LogP contribution is 2.19. The minimum Gasteiger partial charge on any atom is -0.355 e. The second-order valence-corrected chi connectivity index (χ2v) is 7.11. The Hall–Kier alpha value is -1.73. The number of rotatable bonds is 7. The van der Waals surface area contributed by atoms with E-state index in [1.807, 2.05) is 37.4 Å². The molecule has 3 amide bonds. The third-order valence-electron chi connectivity index (χ3n) is 4.19. The number of thioether (sulfide) groups is 1. The maximum atomic E-state index is 12.2. The maximum absolute atomic E-state index is 12.2. The van der Waals surface area contributed by atoms with Gasteiger partial charge in [0.2, 0.25) is 5.91 Å². The molecule has 1 aliphatic rings. The summed E-state index contributed by atoms with van der Waals surface area (Å²) in [6, 6.07) is 7.78. The van der Waals surface area contributed by atoms with Crippen molar-refractivity contribution in [1.82, 2.24) is 15.5 Å². The van der Waals surface area contributed by atoms with Gasteiger partial charge < -0.3 is 16.0 Å². The Labute approximate surface area is 154 Å². The number of carbonyl (C=O) groups is 2. The molecule has 0 aromatic heterocycles. The summed E-state index contributed by atoms with van der Waals surface area (Å²) >= 11 is 1.65. The van der Waals surface area contributed by atoms with Crippen LogP contribution in [0.25, 0.3) is 0 Å². The molecule has 0 aliphatic carbocycles. The van der Waals surface area contributed by atoms with Crippen LogP contribution in [0, 0.1) is 0 Å². The fourth-order valence-electron chi connectivity index (χ4n) is 2.81. The van der Waals surface area contributed by atoms with E-state index in [0.29, 0.717) is 6.54 Å². The molecule has 3 N–H and O–H groups in total. The minimum atomic E-state index is -0.169. The van der Waals surface area contributed by atoms with E-state index in [2.05, 4.69) is 20.9 Å². The molecule has 1 aliphatic heterocycles. The number of carbonyl (C=O) groups excluding carboxylic acids is 2. The zero-order valence-corrected chi connectivity index (χ0v) is 15.8. The Morgan fingerprint density at radius 1 is 1.28 bits per heavy atom. The highest BCUT2D eigenvalue weighted by atomic mass is 32.2. The number of nitrogens with zero attached hydrogens (tertiary/aromatic N) is 1. The first kappa shape index (κ1) is 19.6. The molecule has 6 nitrogen and oxygen atoms in total. The van der Waals surface area contributed by atoms with Crippen molar-refractivity contribution in [2.45, 2.75) is 37.1 Å². The summed E-state index contributed by atoms with van der Waals surface area (Å²) in [5.41, 5.74) is 0.800. The van der Waals surface area contributed by atoms with Gasteiger partial charge in [-0.2, -0.15) is 0 Å². The summed E-state index contributed by atoms with van der Waals surface area (Å²) in [6.45, 7) is 4.87. The average Bonchev–Trinajstić information content (AvgIpc) is 2.61. The van der Waals surface area contributed by atoms with Gasteiger partial charge in [-0.25, -0.2) is 4.79 Å². The smallest absolute Gasteiger partial charge is 0.319 e. The number of anilines is 1. The van der Waals surface area contributed by atoms with Gasteiger partial charge in [0.05, 0.1) is 6.54 Å². The van der Waals surface area contributed by atoms with Crippen molar-refractivity contribution in [3.05, 3.63) is 24.3 Å². The third kappa shape index (κ3) is 6.96. The van der Waals surface area contributed by atoms with Gasteiger partial charge in [0, 0.05) is 36.3 Å². The number of piperidine rings is 1.